The van der Waals surface area contributed by atoms with Crippen LogP contribution in [0, 0.1) is 11.7 Å². The Labute approximate surface area is 95.8 Å². The smallest absolute Gasteiger partial charge is 0.335 e. The molecular formula is C11H13FO3S. The van der Waals surface area contributed by atoms with Crippen molar-refractivity contribution in [2.75, 3.05) is 5.75 Å². The van der Waals surface area contributed by atoms with E-state index < -0.39 is 22.6 Å². The van der Waals surface area contributed by atoms with Crippen LogP contribution in [0.15, 0.2) is 23.1 Å². The molecule has 0 aliphatic carbocycles. The molecule has 0 saturated carbocycles. The number of hydrogen-bond donors (Lipinski definition) is 1. The third-order valence-corrected chi connectivity index (χ3v) is 3.68. The zero-order chi connectivity index (χ0) is 12.3. The van der Waals surface area contributed by atoms with Gasteiger partial charge in [0.25, 0.3) is 0 Å². The molecule has 88 valence electrons. The summed E-state index contributed by atoms with van der Waals surface area (Å²) in [6.45, 7) is 3.74. The highest BCUT2D eigenvalue weighted by molar-refractivity contribution is 7.85. The van der Waals surface area contributed by atoms with Crippen LogP contribution in [0.3, 0.4) is 0 Å². The Balaban J connectivity index is 3.07. The van der Waals surface area contributed by atoms with Gasteiger partial charge in [-0.1, -0.05) is 13.8 Å². The van der Waals surface area contributed by atoms with Crippen LogP contribution in [0.2, 0.25) is 0 Å². The van der Waals surface area contributed by atoms with E-state index in [-0.39, 0.29) is 16.4 Å². The van der Waals surface area contributed by atoms with Crippen molar-refractivity contribution in [2.45, 2.75) is 18.7 Å². The van der Waals surface area contributed by atoms with E-state index in [9.17, 15) is 13.4 Å². The van der Waals surface area contributed by atoms with Crippen LogP contribution >= 0.6 is 0 Å². The van der Waals surface area contributed by atoms with Crippen LogP contribution in [0.4, 0.5) is 4.39 Å². The number of hydrogen-bond acceptors (Lipinski definition) is 2. The average Bonchev–Trinajstić information content (AvgIpc) is 2.16. The van der Waals surface area contributed by atoms with Gasteiger partial charge >= 0.3 is 5.97 Å². The minimum atomic E-state index is -1.49. The van der Waals surface area contributed by atoms with E-state index in [4.69, 9.17) is 5.11 Å². The van der Waals surface area contributed by atoms with Crippen molar-refractivity contribution in [3.8, 4) is 0 Å². The van der Waals surface area contributed by atoms with Gasteiger partial charge in [0.15, 0.2) is 0 Å². The van der Waals surface area contributed by atoms with Crippen LogP contribution in [-0.4, -0.2) is 21.0 Å². The topological polar surface area (TPSA) is 54.4 Å². The summed E-state index contributed by atoms with van der Waals surface area (Å²) in [5.74, 6) is -1.29. The highest BCUT2D eigenvalue weighted by Crippen LogP contribution is 2.16. The summed E-state index contributed by atoms with van der Waals surface area (Å²) in [5, 5.41) is 8.74. The number of carboxylic acid groups (broad SMARTS) is 1. The lowest BCUT2D eigenvalue weighted by Gasteiger charge is -2.07. The number of rotatable bonds is 4. The summed E-state index contributed by atoms with van der Waals surface area (Å²) in [6.07, 6.45) is 0. The molecule has 1 atom stereocenters. The second-order valence-corrected chi connectivity index (χ2v) is 5.32. The quantitative estimate of drug-likeness (QED) is 0.884. The van der Waals surface area contributed by atoms with Crippen molar-refractivity contribution in [3.63, 3.8) is 0 Å². The predicted molar refractivity (Wildman–Crippen MR) is 59.5 cm³/mol. The molecule has 0 aromatic heterocycles. The Hall–Kier alpha value is -1.23. The molecule has 3 nitrogen and oxygen atoms in total. The molecule has 1 N–H and O–H groups in total. The second kappa shape index (κ2) is 5.21. The lowest BCUT2D eigenvalue weighted by atomic mass is 10.2. The predicted octanol–water partition coefficient (Wildman–Crippen LogP) is 2.29. The fraction of sp³-hybridized carbons (Fsp3) is 0.364. The molecule has 16 heavy (non-hydrogen) atoms. The second-order valence-electron chi connectivity index (χ2n) is 3.86. The zero-order valence-corrected chi connectivity index (χ0v) is 9.88. The Morgan fingerprint density at radius 1 is 1.50 bits per heavy atom. The van der Waals surface area contributed by atoms with Crippen molar-refractivity contribution >= 4 is 16.8 Å². The van der Waals surface area contributed by atoms with Gasteiger partial charge in [-0.05, 0) is 24.1 Å². The van der Waals surface area contributed by atoms with E-state index in [1.807, 2.05) is 13.8 Å². The Bertz CT molecular complexity index is 429. The molecule has 0 amide bonds. The fourth-order valence-electron chi connectivity index (χ4n) is 1.20. The van der Waals surface area contributed by atoms with Crippen LogP contribution in [-0.2, 0) is 10.8 Å². The largest absolute Gasteiger partial charge is 0.478 e. The lowest BCUT2D eigenvalue weighted by Crippen LogP contribution is -2.08. The van der Waals surface area contributed by atoms with Gasteiger partial charge in [0.05, 0.1) is 21.3 Å². The molecule has 0 aliphatic heterocycles. The zero-order valence-electron chi connectivity index (χ0n) is 9.07. The van der Waals surface area contributed by atoms with E-state index in [0.717, 1.165) is 18.2 Å². The minimum absolute atomic E-state index is 0.0337. The maximum Gasteiger partial charge on any atom is 0.335 e. The van der Waals surface area contributed by atoms with Crippen LogP contribution in [0.5, 0.6) is 0 Å². The summed E-state index contributed by atoms with van der Waals surface area (Å²) >= 11 is 0. The molecule has 1 aromatic carbocycles. The van der Waals surface area contributed by atoms with E-state index in [0.29, 0.717) is 5.75 Å². The average molecular weight is 244 g/mol. The first-order chi connectivity index (χ1) is 7.41. The van der Waals surface area contributed by atoms with Gasteiger partial charge in [0, 0.05) is 5.75 Å². The first kappa shape index (κ1) is 12.8. The summed E-state index contributed by atoms with van der Waals surface area (Å²) in [6, 6.07) is 3.33. The SMILES string of the molecule is CC(C)CS(=O)c1cc(C(=O)O)ccc1F. The third kappa shape index (κ3) is 3.13. The van der Waals surface area contributed by atoms with E-state index in [1.54, 1.807) is 0 Å². The summed E-state index contributed by atoms with van der Waals surface area (Å²) < 4.78 is 25.1. The molecule has 0 spiro atoms. The van der Waals surface area contributed by atoms with Crippen LogP contribution in [0.1, 0.15) is 24.2 Å². The highest BCUT2D eigenvalue weighted by atomic mass is 32.2. The van der Waals surface area contributed by atoms with Crippen LogP contribution < -0.4 is 0 Å². The van der Waals surface area contributed by atoms with E-state index >= 15 is 0 Å². The molecule has 0 saturated heterocycles. The molecule has 0 radical (unpaired) electrons. The number of aromatic carboxylic acids is 1. The van der Waals surface area contributed by atoms with Crippen molar-refractivity contribution in [3.05, 3.63) is 29.6 Å². The van der Waals surface area contributed by atoms with Crippen LogP contribution in [0.25, 0.3) is 0 Å². The Kier molecular flexibility index (Phi) is 4.18. The summed E-state index contributed by atoms with van der Waals surface area (Å²) in [7, 11) is -1.49. The van der Waals surface area contributed by atoms with Gasteiger partial charge in [0.1, 0.15) is 5.82 Å². The summed E-state index contributed by atoms with van der Waals surface area (Å²) in [5.41, 5.74) is -0.0477. The molecule has 0 heterocycles. The third-order valence-electron chi connectivity index (χ3n) is 1.91. The molecule has 0 aliphatic rings. The molecule has 0 bridgehead atoms. The number of benzene rings is 1. The highest BCUT2D eigenvalue weighted by Gasteiger charge is 2.14. The monoisotopic (exact) mass is 244 g/mol. The molecule has 5 heteroatoms. The summed E-state index contributed by atoms with van der Waals surface area (Å²) in [4.78, 5) is 10.7. The van der Waals surface area contributed by atoms with Crippen molar-refractivity contribution in [1.82, 2.24) is 0 Å². The molecule has 1 unspecified atom stereocenters. The fourth-order valence-corrected chi connectivity index (χ4v) is 2.53. The first-order valence-electron chi connectivity index (χ1n) is 4.83. The first-order valence-corrected chi connectivity index (χ1v) is 6.15. The van der Waals surface area contributed by atoms with Gasteiger partial charge in [-0.15, -0.1) is 0 Å². The maximum absolute atomic E-state index is 13.3. The number of halogens is 1. The van der Waals surface area contributed by atoms with Crippen molar-refractivity contribution < 1.29 is 18.5 Å². The molecule has 1 aromatic rings. The van der Waals surface area contributed by atoms with Gasteiger partial charge in [-0.3, -0.25) is 4.21 Å². The molecule has 0 fully saturated rings. The van der Waals surface area contributed by atoms with Gasteiger partial charge in [-0.2, -0.15) is 0 Å². The maximum atomic E-state index is 13.3. The normalized spacial score (nSPS) is 12.8. The molecule has 1 rings (SSSR count). The van der Waals surface area contributed by atoms with Gasteiger partial charge in [0.2, 0.25) is 0 Å². The Morgan fingerprint density at radius 2 is 2.12 bits per heavy atom. The standard InChI is InChI=1S/C11H13FO3S/c1-7(2)6-16(15)10-5-8(11(13)14)3-4-9(10)12/h3-5,7H,6H2,1-2H3,(H,13,14). The Morgan fingerprint density at radius 3 is 2.62 bits per heavy atom. The molecular weight excluding hydrogens is 231 g/mol. The van der Waals surface area contributed by atoms with Crippen molar-refractivity contribution in [1.29, 1.82) is 0 Å². The number of carboxylic acids is 1. The lowest BCUT2D eigenvalue weighted by molar-refractivity contribution is 0.0696. The van der Waals surface area contributed by atoms with E-state index in [1.165, 1.54) is 0 Å². The minimum Gasteiger partial charge on any atom is -0.478 e. The van der Waals surface area contributed by atoms with E-state index in [2.05, 4.69) is 0 Å². The number of carbonyl (C=O) groups is 1. The van der Waals surface area contributed by atoms with Gasteiger partial charge < -0.3 is 5.11 Å². The van der Waals surface area contributed by atoms with Crippen molar-refractivity contribution in [2.24, 2.45) is 5.92 Å². The van der Waals surface area contributed by atoms with Gasteiger partial charge in [-0.25, -0.2) is 9.18 Å².